The van der Waals surface area contributed by atoms with Crippen LogP contribution in [0.4, 0.5) is 5.69 Å². The smallest absolute Gasteiger partial charge is 0.0592 e. The molecule has 1 aliphatic rings. The lowest BCUT2D eigenvalue weighted by molar-refractivity contribution is 0.501. The van der Waals surface area contributed by atoms with Gasteiger partial charge in [0.2, 0.25) is 0 Å². The molecule has 0 radical (unpaired) electrons. The second kappa shape index (κ2) is 4.28. The van der Waals surface area contributed by atoms with E-state index in [-0.39, 0.29) is 0 Å². The first kappa shape index (κ1) is 9.93. The summed E-state index contributed by atoms with van der Waals surface area (Å²) in [4.78, 5) is 6.41. The van der Waals surface area contributed by atoms with Gasteiger partial charge in [0.1, 0.15) is 0 Å². The van der Waals surface area contributed by atoms with Gasteiger partial charge in [-0.05, 0) is 34.8 Å². The summed E-state index contributed by atoms with van der Waals surface area (Å²) in [6, 6.07) is 2.42. The predicted octanol–water partition coefficient (Wildman–Crippen LogP) is 1.77. The van der Waals surface area contributed by atoms with Gasteiger partial charge >= 0.3 is 0 Å². The Balaban J connectivity index is 2.12. The van der Waals surface area contributed by atoms with Gasteiger partial charge < -0.3 is 10.6 Å². The van der Waals surface area contributed by atoms with Crippen LogP contribution >= 0.6 is 15.9 Å². The van der Waals surface area contributed by atoms with E-state index in [0.717, 1.165) is 30.4 Å². The summed E-state index contributed by atoms with van der Waals surface area (Å²) < 4.78 is 1.07. The lowest BCUT2D eigenvalue weighted by Crippen LogP contribution is -2.39. The Morgan fingerprint density at radius 2 is 2.14 bits per heavy atom. The summed E-state index contributed by atoms with van der Waals surface area (Å²) in [7, 11) is 0. The molecule has 0 unspecified atom stereocenters. The minimum Gasteiger partial charge on any atom is -0.370 e. The van der Waals surface area contributed by atoms with Gasteiger partial charge in [0, 0.05) is 31.5 Å². The molecule has 2 N–H and O–H groups in total. The van der Waals surface area contributed by atoms with Crippen molar-refractivity contribution in [2.24, 2.45) is 5.73 Å². The number of piperidine rings is 1. The van der Waals surface area contributed by atoms with Crippen molar-refractivity contribution in [3.05, 3.63) is 22.9 Å². The van der Waals surface area contributed by atoms with Crippen LogP contribution in [-0.2, 0) is 0 Å². The molecule has 1 aromatic rings. The zero-order chi connectivity index (χ0) is 9.97. The predicted molar refractivity (Wildman–Crippen MR) is 61.4 cm³/mol. The number of nitrogens with two attached hydrogens (primary N) is 1. The Labute approximate surface area is 92.4 Å². The fourth-order valence-corrected chi connectivity index (χ4v) is 2.27. The molecule has 1 fully saturated rings. The molecule has 76 valence electrons. The summed E-state index contributed by atoms with van der Waals surface area (Å²) in [6.45, 7) is 2.09. The standard InChI is InChI=1S/C10H14BrN3/c11-9-7-13-4-1-10(9)14-5-2-8(12)3-6-14/h1,4,7-8H,2-3,5-6,12H2. The molecule has 0 atom stereocenters. The fraction of sp³-hybridized carbons (Fsp3) is 0.500. The summed E-state index contributed by atoms with van der Waals surface area (Å²) in [5, 5.41) is 0. The van der Waals surface area contributed by atoms with E-state index in [1.165, 1.54) is 5.69 Å². The van der Waals surface area contributed by atoms with E-state index in [2.05, 4.69) is 25.8 Å². The summed E-state index contributed by atoms with van der Waals surface area (Å²) in [6.07, 6.45) is 5.82. The quantitative estimate of drug-likeness (QED) is 0.832. The van der Waals surface area contributed by atoms with Crippen molar-refractivity contribution < 1.29 is 0 Å². The maximum Gasteiger partial charge on any atom is 0.0592 e. The van der Waals surface area contributed by atoms with E-state index >= 15 is 0 Å². The van der Waals surface area contributed by atoms with E-state index in [1.54, 1.807) is 0 Å². The Kier molecular flexibility index (Phi) is 3.03. The van der Waals surface area contributed by atoms with Crippen LogP contribution in [0, 0.1) is 0 Å². The normalized spacial score (nSPS) is 18.6. The van der Waals surface area contributed by atoms with Crippen molar-refractivity contribution in [2.45, 2.75) is 18.9 Å². The third-order valence-electron chi connectivity index (χ3n) is 2.63. The Hall–Kier alpha value is -0.610. The average molecular weight is 256 g/mol. The lowest BCUT2D eigenvalue weighted by Gasteiger charge is -2.32. The number of anilines is 1. The van der Waals surface area contributed by atoms with Crippen LogP contribution in [0.2, 0.25) is 0 Å². The van der Waals surface area contributed by atoms with Crippen LogP contribution in [0.1, 0.15) is 12.8 Å². The number of hydrogen-bond donors (Lipinski definition) is 1. The van der Waals surface area contributed by atoms with Crippen LogP contribution in [-0.4, -0.2) is 24.1 Å². The molecule has 2 heterocycles. The molecule has 2 rings (SSSR count). The van der Waals surface area contributed by atoms with Gasteiger partial charge in [-0.15, -0.1) is 0 Å². The number of nitrogens with zero attached hydrogens (tertiary/aromatic N) is 2. The van der Waals surface area contributed by atoms with Crippen molar-refractivity contribution in [3.8, 4) is 0 Å². The number of hydrogen-bond acceptors (Lipinski definition) is 3. The van der Waals surface area contributed by atoms with E-state index in [1.807, 2.05) is 18.5 Å². The number of pyridine rings is 1. The van der Waals surface area contributed by atoms with E-state index in [4.69, 9.17) is 5.73 Å². The summed E-state index contributed by atoms with van der Waals surface area (Å²) in [5.41, 5.74) is 7.09. The molecular formula is C10H14BrN3. The second-order valence-electron chi connectivity index (χ2n) is 3.65. The van der Waals surface area contributed by atoms with Gasteiger partial charge in [-0.2, -0.15) is 0 Å². The Bertz CT molecular complexity index is 308. The number of aromatic nitrogens is 1. The first-order chi connectivity index (χ1) is 6.77. The average Bonchev–Trinajstić information content (AvgIpc) is 2.20. The van der Waals surface area contributed by atoms with Crippen molar-refractivity contribution >= 4 is 21.6 Å². The Morgan fingerprint density at radius 3 is 2.79 bits per heavy atom. The fourth-order valence-electron chi connectivity index (χ4n) is 1.76. The first-order valence-electron chi connectivity index (χ1n) is 4.87. The topological polar surface area (TPSA) is 42.1 Å². The zero-order valence-corrected chi connectivity index (χ0v) is 9.57. The SMILES string of the molecule is NC1CCN(c2ccncc2Br)CC1. The van der Waals surface area contributed by atoms with Crippen LogP contribution in [0.3, 0.4) is 0 Å². The zero-order valence-electron chi connectivity index (χ0n) is 7.99. The molecule has 1 aliphatic heterocycles. The molecule has 3 nitrogen and oxygen atoms in total. The monoisotopic (exact) mass is 255 g/mol. The highest BCUT2D eigenvalue weighted by Gasteiger charge is 2.17. The molecule has 0 aliphatic carbocycles. The molecule has 0 spiro atoms. The van der Waals surface area contributed by atoms with E-state index < -0.39 is 0 Å². The molecule has 0 aromatic carbocycles. The third kappa shape index (κ3) is 2.07. The van der Waals surface area contributed by atoms with Gasteiger partial charge in [0.05, 0.1) is 10.2 Å². The van der Waals surface area contributed by atoms with Gasteiger partial charge in [-0.3, -0.25) is 4.98 Å². The molecule has 0 amide bonds. The Morgan fingerprint density at radius 1 is 1.43 bits per heavy atom. The highest BCUT2D eigenvalue weighted by molar-refractivity contribution is 9.10. The minimum absolute atomic E-state index is 0.381. The highest BCUT2D eigenvalue weighted by Crippen LogP contribution is 2.26. The van der Waals surface area contributed by atoms with E-state index in [9.17, 15) is 0 Å². The molecule has 14 heavy (non-hydrogen) atoms. The third-order valence-corrected chi connectivity index (χ3v) is 3.24. The van der Waals surface area contributed by atoms with Crippen LogP contribution < -0.4 is 10.6 Å². The maximum atomic E-state index is 5.86. The molecule has 4 heteroatoms. The van der Waals surface area contributed by atoms with Gasteiger partial charge in [-0.25, -0.2) is 0 Å². The van der Waals surface area contributed by atoms with Crippen LogP contribution in [0.5, 0.6) is 0 Å². The second-order valence-corrected chi connectivity index (χ2v) is 4.51. The molecule has 1 saturated heterocycles. The summed E-state index contributed by atoms with van der Waals surface area (Å²) in [5.74, 6) is 0. The lowest BCUT2D eigenvalue weighted by atomic mass is 10.1. The highest BCUT2D eigenvalue weighted by atomic mass is 79.9. The van der Waals surface area contributed by atoms with Crippen molar-refractivity contribution in [1.29, 1.82) is 0 Å². The largest absolute Gasteiger partial charge is 0.370 e. The number of rotatable bonds is 1. The summed E-state index contributed by atoms with van der Waals surface area (Å²) >= 11 is 3.51. The molecule has 1 aromatic heterocycles. The van der Waals surface area contributed by atoms with Crippen molar-refractivity contribution in [2.75, 3.05) is 18.0 Å². The van der Waals surface area contributed by atoms with Gasteiger partial charge in [0.15, 0.2) is 0 Å². The molecule has 0 bridgehead atoms. The van der Waals surface area contributed by atoms with Crippen molar-refractivity contribution in [1.82, 2.24) is 4.98 Å². The first-order valence-corrected chi connectivity index (χ1v) is 5.66. The van der Waals surface area contributed by atoms with Gasteiger partial charge in [-0.1, -0.05) is 0 Å². The van der Waals surface area contributed by atoms with Crippen LogP contribution in [0.15, 0.2) is 22.9 Å². The van der Waals surface area contributed by atoms with Gasteiger partial charge in [0.25, 0.3) is 0 Å². The molecular weight excluding hydrogens is 242 g/mol. The van der Waals surface area contributed by atoms with Crippen molar-refractivity contribution in [3.63, 3.8) is 0 Å². The molecule has 0 saturated carbocycles. The minimum atomic E-state index is 0.381. The number of halogens is 1. The van der Waals surface area contributed by atoms with E-state index in [0.29, 0.717) is 6.04 Å². The van der Waals surface area contributed by atoms with Crippen LogP contribution in [0.25, 0.3) is 0 Å². The maximum absolute atomic E-state index is 5.86.